The lowest BCUT2D eigenvalue weighted by atomic mass is 10.2. The number of aromatic nitrogens is 3. The van der Waals surface area contributed by atoms with E-state index >= 15 is 0 Å². The molecule has 1 N–H and O–H groups in total. The highest BCUT2D eigenvalue weighted by Gasteiger charge is 2.11. The number of fused-ring (bicyclic) bond motifs is 1. The molecule has 4 rings (SSSR count). The van der Waals surface area contributed by atoms with Gasteiger partial charge < -0.3 is 19.4 Å². The summed E-state index contributed by atoms with van der Waals surface area (Å²) in [6.45, 7) is 3.49. The van der Waals surface area contributed by atoms with Crippen LogP contribution in [0.25, 0.3) is 5.65 Å². The monoisotopic (exact) mass is 295 g/mol. The molecule has 6 heteroatoms. The maximum absolute atomic E-state index is 5.39. The molecular weight excluding hydrogens is 278 g/mol. The minimum absolute atomic E-state index is 0.756. The van der Waals surface area contributed by atoms with Gasteiger partial charge in [-0.2, -0.15) is 0 Å². The quantitative estimate of drug-likeness (QED) is 0.803. The predicted octanol–water partition coefficient (Wildman–Crippen LogP) is 2.31. The Hall–Kier alpha value is -2.60. The highest BCUT2D eigenvalue weighted by Crippen LogP contribution is 2.22. The molecule has 1 aliphatic heterocycles. The zero-order valence-corrected chi connectivity index (χ0v) is 12.1. The molecular formula is C16H17N5O. The summed E-state index contributed by atoms with van der Waals surface area (Å²) in [6.07, 6.45) is 7.32. The Bertz CT molecular complexity index is 762. The molecule has 6 nitrogen and oxygen atoms in total. The van der Waals surface area contributed by atoms with Crippen LogP contribution < -0.4 is 10.2 Å². The van der Waals surface area contributed by atoms with E-state index < -0.39 is 0 Å². The molecule has 0 aliphatic carbocycles. The van der Waals surface area contributed by atoms with Crippen molar-refractivity contribution in [1.82, 2.24) is 14.4 Å². The lowest BCUT2D eigenvalue weighted by molar-refractivity contribution is 0.122. The molecule has 0 bridgehead atoms. The third-order valence-corrected chi connectivity index (χ3v) is 3.82. The van der Waals surface area contributed by atoms with Crippen LogP contribution in [0, 0.1) is 0 Å². The van der Waals surface area contributed by atoms with Crippen molar-refractivity contribution in [3.63, 3.8) is 0 Å². The molecule has 1 saturated heterocycles. The fourth-order valence-electron chi connectivity index (χ4n) is 2.66. The number of rotatable bonds is 3. The Morgan fingerprint density at radius 1 is 0.955 bits per heavy atom. The topological polar surface area (TPSA) is 54.7 Å². The number of nitrogens with one attached hydrogen (secondary N) is 1. The molecule has 22 heavy (non-hydrogen) atoms. The van der Waals surface area contributed by atoms with E-state index in [-0.39, 0.29) is 0 Å². The molecule has 1 aliphatic rings. The number of anilines is 3. The molecule has 0 spiro atoms. The van der Waals surface area contributed by atoms with Crippen LogP contribution in [0.1, 0.15) is 0 Å². The van der Waals surface area contributed by atoms with Gasteiger partial charge in [-0.25, -0.2) is 9.97 Å². The SMILES string of the molecule is c1cn2ccnc2c(Nc2ccc(N3CCOCC3)cc2)n1. The minimum Gasteiger partial charge on any atom is -0.378 e. The Labute approximate surface area is 128 Å². The van der Waals surface area contributed by atoms with Crippen LogP contribution in [0.4, 0.5) is 17.2 Å². The maximum Gasteiger partial charge on any atom is 0.180 e. The normalized spacial score (nSPS) is 15.2. The molecule has 3 heterocycles. The van der Waals surface area contributed by atoms with Crippen molar-refractivity contribution in [2.75, 3.05) is 36.5 Å². The predicted molar refractivity (Wildman–Crippen MR) is 85.7 cm³/mol. The van der Waals surface area contributed by atoms with E-state index in [0.29, 0.717) is 0 Å². The average molecular weight is 295 g/mol. The van der Waals surface area contributed by atoms with Gasteiger partial charge in [0.2, 0.25) is 0 Å². The van der Waals surface area contributed by atoms with Crippen molar-refractivity contribution in [1.29, 1.82) is 0 Å². The van der Waals surface area contributed by atoms with E-state index in [1.807, 2.05) is 16.8 Å². The molecule has 0 amide bonds. The second-order valence-electron chi connectivity index (χ2n) is 5.21. The van der Waals surface area contributed by atoms with Crippen molar-refractivity contribution in [2.24, 2.45) is 0 Å². The fourth-order valence-corrected chi connectivity index (χ4v) is 2.66. The summed E-state index contributed by atoms with van der Waals surface area (Å²) in [5.41, 5.74) is 3.04. The van der Waals surface area contributed by atoms with Gasteiger partial charge in [-0.15, -0.1) is 0 Å². The third kappa shape index (κ3) is 2.48. The van der Waals surface area contributed by atoms with Crippen LogP contribution in [0.15, 0.2) is 49.1 Å². The zero-order valence-electron chi connectivity index (χ0n) is 12.1. The van der Waals surface area contributed by atoms with Gasteiger partial charge in [0.15, 0.2) is 11.5 Å². The van der Waals surface area contributed by atoms with Gasteiger partial charge in [-0.05, 0) is 24.3 Å². The first-order chi connectivity index (χ1) is 10.9. The van der Waals surface area contributed by atoms with Crippen LogP contribution in [-0.2, 0) is 4.74 Å². The first-order valence-corrected chi connectivity index (χ1v) is 7.38. The molecule has 2 aromatic heterocycles. The van der Waals surface area contributed by atoms with Gasteiger partial charge in [0.25, 0.3) is 0 Å². The summed E-state index contributed by atoms with van der Waals surface area (Å²) < 4.78 is 7.33. The Kier molecular flexibility index (Phi) is 3.36. The number of imidazole rings is 1. The number of benzene rings is 1. The summed E-state index contributed by atoms with van der Waals surface area (Å²) in [4.78, 5) is 11.0. The Balaban J connectivity index is 1.54. The van der Waals surface area contributed by atoms with Crippen LogP contribution >= 0.6 is 0 Å². The fraction of sp³-hybridized carbons (Fsp3) is 0.250. The average Bonchev–Trinajstić information content (AvgIpc) is 3.06. The first-order valence-electron chi connectivity index (χ1n) is 7.38. The molecule has 0 unspecified atom stereocenters. The number of nitrogens with zero attached hydrogens (tertiary/aromatic N) is 4. The van der Waals surface area contributed by atoms with Crippen molar-refractivity contribution < 1.29 is 4.74 Å². The van der Waals surface area contributed by atoms with E-state index in [4.69, 9.17) is 4.74 Å². The summed E-state index contributed by atoms with van der Waals surface area (Å²) in [7, 11) is 0. The lowest BCUT2D eigenvalue weighted by Gasteiger charge is -2.28. The summed E-state index contributed by atoms with van der Waals surface area (Å²) in [5.74, 6) is 0.756. The molecule has 1 fully saturated rings. The number of hydrogen-bond donors (Lipinski definition) is 1. The molecule has 1 aromatic carbocycles. The highest BCUT2D eigenvalue weighted by atomic mass is 16.5. The molecule has 0 saturated carbocycles. The van der Waals surface area contributed by atoms with E-state index in [1.54, 1.807) is 12.4 Å². The second-order valence-corrected chi connectivity index (χ2v) is 5.21. The summed E-state index contributed by atoms with van der Waals surface area (Å²) in [6, 6.07) is 8.39. The lowest BCUT2D eigenvalue weighted by Crippen LogP contribution is -2.36. The molecule has 112 valence electrons. The van der Waals surface area contributed by atoms with Crippen molar-refractivity contribution in [3.8, 4) is 0 Å². The van der Waals surface area contributed by atoms with Crippen molar-refractivity contribution >= 4 is 22.8 Å². The van der Waals surface area contributed by atoms with Gasteiger partial charge in [0, 0.05) is 49.3 Å². The van der Waals surface area contributed by atoms with E-state index in [0.717, 1.165) is 43.5 Å². The third-order valence-electron chi connectivity index (χ3n) is 3.82. The second kappa shape index (κ2) is 5.65. The highest BCUT2D eigenvalue weighted by molar-refractivity contribution is 5.70. The Morgan fingerprint density at radius 3 is 2.45 bits per heavy atom. The van der Waals surface area contributed by atoms with Gasteiger partial charge in [0.1, 0.15) is 0 Å². The number of hydrogen-bond acceptors (Lipinski definition) is 5. The summed E-state index contributed by atoms with van der Waals surface area (Å²) >= 11 is 0. The number of morpholine rings is 1. The van der Waals surface area contributed by atoms with Gasteiger partial charge in [0.05, 0.1) is 13.2 Å². The molecule has 0 radical (unpaired) electrons. The minimum atomic E-state index is 0.756. The van der Waals surface area contributed by atoms with E-state index in [1.165, 1.54) is 5.69 Å². The van der Waals surface area contributed by atoms with Crippen LogP contribution in [0.2, 0.25) is 0 Å². The molecule has 3 aromatic rings. The smallest absolute Gasteiger partial charge is 0.180 e. The van der Waals surface area contributed by atoms with Crippen molar-refractivity contribution in [2.45, 2.75) is 0 Å². The van der Waals surface area contributed by atoms with Crippen LogP contribution in [-0.4, -0.2) is 40.7 Å². The van der Waals surface area contributed by atoms with Crippen LogP contribution in [0.5, 0.6) is 0 Å². The van der Waals surface area contributed by atoms with E-state index in [2.05, 4.69) is 44.5 Å². The standard InChI is InChI=1S/C16H17N5O/c1-3-14(20-9-11-22-12-10-20)4-2-13(1)19-15-16-18-6-8-21(16)7-5-17-15/h1-8H,9-12H2,(H,17,19). The van der Waals surface area contributed by atoms with Gasteiger partial charge in [-0.1, -0.05) is 0 Å². The van der Waals surface area contributed by atoms with Crippen LogP contribution in [0.3, 0.4) is 0 Å². The first kappa shape index (κ1) is 13.1. The largest absolute Gasteiger partial charge is 0.378 e. The van der Waals surface area contributed by atoms with E-state index in [9.17, 15) is 0 Å². The maximum atomic E-state index is 5.39. The van der Waals surface area contributed by atoms with Crippen molar-refractivity contribution in [3.05, 3.63) is 49.1 Å². The van der Waals surface area contributed by atoms with Gasteiger partial charge >= 0.3 is 0 Å². The summed E-state index contributed by atoms with van der Waals surface area (Å²) in [5, 5.41) is 3.33. The van der Waals surface area contributed by atoms with Gasteiger partial charge in [-0.3, -0.25) is 0 Å². The zero-order chi connectivity index (χ0) is 14.8. The molecule has 0 atom stereocenters. The number of ether oxygens (including phenoxy) is 1. The Morgan fingerprint density at radius 2 is 1.68 bits per heavy atom.